The predicted octanol–water partition coefficient (Wildman–Crippen LogP) is 6.82. The maximum atomic E-state index is 6.25. The molecule has 1 nitrogen and oxygen atoms in total. The molecule has 0 saturated carbocycles. The molecule has 0 bridgehead atoms. The monoisotopic (exact) mass is 348 g/mol. The van der Waals surface area contributed by atoms with E-state index in [9.17, 15) is 0 Å². The van der Waals surface area contributed by atoms with E-state index in [2.05, 4.69) is 50.3 Å². The van der Waals surface area contributed by atoms with E-state index in [1.165, 1.54) is 82.2 Å². The summed E-state index contributed by atoms with van der Waals surface area (Å²) in [4.78, 5) is 0. The molecular weight excluding hydrogens is 308 g/mol. The lowest BCUT2D eigenvalue weighted by molar-refractivity contribution is 0.302. The molecule has 0 unspecified atom stereocenters. The van der Waals surface area contributed by atoms with Crippen molar-refractivity contribution in [3.05, 3.63) is 30.3 Å². The summed E-state index contributed by atoms with van der Waals surface area (Å²) in [6.07, 6.45) is 16.8. The molecule has 0 aliphatic carbocycles. The molecule has 0 amide bonds. The van der Waals surface area contributed by atoms with Crippen LogP contribution in [0, 0.1) is 0 Å². The smallest absolute Gasteiger partial charge is 0.218 e. The molecule has 24 heavy (non-hydrogen) atoms. The largest absolute Gasteiger partial charge is 0.413 e. The molecular formula is C22H40OSi. The summed E-state index contributed by atoms with van der Waals surface area (Å²) in [5, 5.41) is 1.41. The van der Waals surface area contributed by atoms with E-state index in [-0.39, 0.29) is 0 Å². The van der Waals surface area contributed by atoms with E-state index in [4.69, 9.17) is 4.43 Å². The Morgan fingerprint density at radius 3 is 1.62 bits per heavy atom. The summed E-state index contributed by atoms with van der Waals surface area (Å²) >= 11 is 0. The summed E-state index contributed by atoms with van der Waals surface area (Å²) in [5.74, 6) is 0. The first-order valence-corrected chi connectivity index (χ1v) is 13.3. The van der Waals surface area contributed by atoms with Crippen LogP contribution in [0.2, 0.25) is 13.1 Å². The first-order valence-electron chi connectivity index (χ1n) is 10.4. The van der Waals surface area contributed by atoms with E-state index >= 15 is 0 Å². The van der Waals surface area contributed by atoms with Crippen LogP contribution in [0.15, 0.2) is 30.3 Å². The zero-order valence-electron chi connectivity index (χ0n) is 16.5. The molecule has 138 valence electrons. The average molecular weight is 349 g/mol. The summed E-state index contributed by atoms with van der Waals surface area (Å²) in [5.41, 5.74) is 0. The SMILES string of the molecule is CCCCCCCCCCCCCCO[Si](C)(C)c1ccccc1. The van der Waals surface area contributed by atoms with Gasteiger partial charge in [-0.3, -0.25) is 0 Å². The maximum Gasteiger partial charge on any atom is 0.218 e. The van der Waals surface area contributed by atoms with Gasteiger partial charge >= 0.3 is 0 Å². The molecule has 1 aromatic carbocycles. The van der Waals surface area contributed by atoms with Gasteiger partial charge < -0.3 is 4.43 Å². The van der Waals surface area contributed by atoms with E-state index in [0.29, 0.717) is 0 Å². The molecule has 0 atom stereocenters. The number of hydrogen-bond acceptors (Lipinski definition) is 1. The second-order valence-electron chi connectivity index (χ2n) is 7.61. The molecule has 0 aromatic heterocycles. The molecule has 1 rings (SSSR count). The third-order valence-corrected chi connectivity index (χ3v) is 7.58. The standard InChI is InChI=1S/C22H40OSi/c1-4-5-6-7-8-9-10-11-12-13-14-18-21-23-24(2,3)22-19-16-15-17-20-22/h15-17,19-20H,4-14,18,21H2,1-3H3. The molecule has 2 heteroatoms. The number of unbranched alkanes of at least 4 members (excludes halogenated alkanes) is 11. The van der Waals surface area contributed by atoms with Crippen molar-refractivity contribution in [1.29, 1.82) is 0 Å². The number of benzene rings is 1. The van der Waals surface area contributed by atoms with Gasteiger partial charge in [0.15, 0.2) is 0 Å². The third-order valence-electron chi connectivity index (χ3n) is 4.93. The van der Waals surface area contributed by atoms with E-state index in [1.807, 2.05) is 0 Å². The summed E-state index contributed by atoms with van der Waals surface area (Å²) in [6.45, 7) is 7.84. The Hall–Kier alpha value is -0.603. The van der Waals surface area contributed by atoms with Crippen molar-refractivity contribution in [3.63, 3.8) is 0 Å². The Labute approximate surface area is 152 Å². The molecule has 0 saturated heterocycles. The third kappa shape index (κ3) is 10.3. The van der Waals surface area contributed by atoms with Crippen molar-refractivity contribution < 1.29 is 4.43 Å². The fourth-order valence-corrected chi connectivity index (χ4v) is 5.01. The zero-order valence-corrected chi connectivity index (χ0v) is 17.5. The molecule has 0 fully saturated rings. The molecule has 0 aliphatic rings. The average Bonchev–Trinajstić information content (AvgIpc) is 2.60. The minimum atomic E-state index is -1.68. The Balaban J connectivity index is 1.90. The van der Waals surface area contributed by atoms with Crippen molar-refractivity contribution >= 4 is 13.5 Å². The Kier molecular flexibility index (Phi) is 12.2. The van der Waals surface area contributed by atoms with Gasteiger partial charge in [-0.15, -0.1) is 0 Å². The van der Waals surface area contributed by atoms with E-state index in [1.54, 1.807) is 0 Å². The van der Waals surface area contributed by atoms with Gasteiger partial charge in [-0.1, -0.05) is 108 Å². The highest BCUT2D eigenvalue weighted by Crippen LogP contribution is 2.12. The molecule has 0 radical (unpaired) electrons. The normalized spacial score (nSPS) is 11.8. The summed E-state index contributed by atoms with van der Waals surface area (Å²) in [7, 11) is -1.68. The van der Waals surface area contributed by atoms with Gasteiger partial charge in [0.25, 0.3) is 0 Å². The summed E-state index contributed by atoms with van der Waals surface area (Å²) in [6, 6.07) is 10.8. The van der Waals surface area contributed by atoms with Crippen molar-refractivity contribution in [2.75, 3.05) is 6.61 Å². The van der Waals surface area contributed by atoms with E-state index in [0.717, 1.165) is 6.61 Å². The fourth-order valence-electron chi connectivity index (χ4n) is 3.19. The topological polar surface area (TPSA) is 9.23 Å². The van der Waals surface area contributed by atoms with Crippen LogP contribution in [-0.4, -0.2) is 14.9 Å². The summed E-state index contributed by atoms with van der Waals surface area (Å²) < 4.78 is 6.25. The molecule has 1 aromatic rings. The lowest BCUT2D eigenvalue weighted by Crippen LogP contribution is -2.44. The van der Waals surface area contributed by atoms with Crippen LogP contribution in [-0.2, 0) is 4.43 Å². The van der Waals surface area contributed by atoms with Crippen LogP contribution in [0.3, 0.4) is 0 Å². The highest BCUT2D eigenvalue weighted by molar-refractivity contribution is 6.84. The molecule has 0 aliphatic heterocycles. The van der Waals surface area contributed by atoms with Gasteiger partial charge in [0, 0.05) is 6.61 Å². The van der Waals surface area contributed by atoms with Crippen LogP contribution >= 0.6 is 0 Å². The van der Waals surface area contributed by atoms with Crippen LogP contribution in [0.4, 0.5) is 0 Å². The Morgan fingerprint density at radius 2 is 1.12 bits per heavy atom. The number of rotatable bonds is 15. The quantitative estimate of drug-likeness (QED) is 0.250. The van der Waals surface area contributed by atoms with Crippen LogP contribution < -0.4 is 5.19 Å². The van der Waals surface area contributed by atoms with Gasteiger partial charge in [-0.25, -0.2) is 0 Å². The Bertz CT molecular complexity index is 388. The van der Waals surface area contributed by atoms with Gasteiger partial charge in [0.05, 0.1) is 0 Å². The van der Waals surface area contributed by atoms with E-state index < -0.39 is 8.32 Å². The highest BCUT2D eigenvalue weighted by Gasteiger charge is 2.24. The van der Waals surface area contributed by atoms with Gasteiger partial charge in [0.2, 0.25) is 8.32 Å². The van der Waals surface area contributed by atoms with Crippen LogP contribution in [0.5, 0.6) is 0 Å². The predicted molar refractivity (Wildman–Crippen MR) is 111 cm³/mol. The molecule has 0 heterocycles. The van der Waals surface area contributed by atoms with Crippen LogP contribution in [0.1, 0.15) is 84.0 Å². The number of hydrogen-bond donors (Lipinski definition) is 0. The first-order chi connectivity index (χ1) is 11.7. The Morgan fingerprint density at radius 1 is 0.667 bits per heavy atom. The van der Waals surface area contributed by atoms with Crippen LogP contribution in [0.25, 0.3) is 0 Å². The minimum absolute atomic E-state index is 0.936. The molecule has 0 N–H and O–H groups in total. The second-order valence-corrected chi connectivity index (χ2v) is 11.5. The van der Waals surface area contributed by atoms with Gasteiger partial charge in [-0.2, -0.15) is 0 Å². The van der Waals surface area contributed by atoms with Crippen molar-refractivity contribution in [3.8, 4) is 0 Å². The zero-order chi connectivity index (χ0) is 17.5. The van der Waals surface area contributed by atoms with Gasteiger partial charge in [0.1, 0.15) is 0 Å². The maximum absolute atomic E-state index is 6.25. The lowest BCUT2D eigenvalue weighted by Gasteiger charge is -2.23. The van der Waals surface area contributed by atoms with Crippen molar-refractivity contribution in [2.24, 2.45) is 0 Å². The fraction of sp³-hybridized carbons (Fsp3) is 0.727. The molecule has 0 spiro atoms. The van der Waals surface area contributed by atoms with Crippen molar-refractivity contribution in [2.45, 2.75) is 97.1 Å². The minimum Gasteiger partial charge on any atom is -0.413 e. The second kappa shape index (κ2) is 13.7. The van der Waals surface area contributed by atoms with Gasteiger partial charge in [-0.05, 0) is 24.7 Å². The lowest BCUT2D eigenvalue weighted by atomic mass is 10.1. The highest BCUT2D eigenvalue weighted by atomic mass is 28.4. The first kappa shape index (κ1) is 21.4. The van der Waals surface area contributed by atoms with Crippen molar-refractivity contribution in [1.82, 2.24) is 0 Å².